The van der Waals surface area contributed by atoms with Crippen LogP contribution in [0.3, 0.4) is 0 Å². The first-order valence-electron chi connectivity index (χ1n) is 8.15. The Morgan fingerprint density at radius 2 is 2.04 bits per heavy atom. The van der Waals surface area contributed by atoms with Gasteiger partial charge in [-0.1, -0.05) is 19.9 Å². The van der Waals surface area contributed by atoms with Crippen LogP contribution in [0.15, 0.2) is 18.2 Å². The second-order valence-electron chi connectivity index (χ2n) is 6.61. The first kappa shape index (κ1) is 18.6. The molecule has 2 atom stereocenters. The lowest BCUT2D eigenvalue weighted by molar-refractivity contribution is -0.147. The van der Waals surface area contributed by atoms with Crippen LogP contribution in [0.2, 0.25) is 0 Å². The van der Waals surface area contributed by atoms with Gasteiger partial charge in [-0.15, -0.1) is 0 Å². The summed E-state index contributed by atoms with van der Waals surface area (Å²) in [5.41, 5.74) is 1.19. The van der Waals surface area contributed by atoms with E-state index in [4.69, 9.17) is 4.74 Å². The summed E-state index contributed by atoms with van der Waals surface area (Å²) in [6.45, 7) is 7.91. The van der Waals surface area contributed by atoms with E-state index in [1.54, 1.807) is 6.92 Å². The molecular formula is C18H25NO4S. The highest BCUT2D eigenvalue weighted by Gasteiger charge is 2.44. The van der Waals surface area contributed by atoms with Gasteiger partial charge in [-0.3, -0.25) is 4.79 Å². The number of carbonyl (C=O) groups excluding carboxylic acids is 1. The van der Waals surface area contributed by atoms with E-state index in [1.165, 1.54) is 17.3 Å². The van der Waals surface area contributed by atoms with Gasteiger partial charge >= 0.3 is 5.97 Å². The number of aliphatic carboxylic acids is 1. The Morgan fingerprint density at radius 3 is 2.54 bits per heavy atom. The molecule has 132 valence electrons. The fourth-order valence-corrected chi connectivity index (χ4v) is 4.18. The van der Waals surface area contributed by atoms with Gasteiger partial charge in [0.2, 0.25) is 0 Å². The predicted molar refractivity (Wildman–Crippen MR) is 95.8 cm³/mol. The van der Waals surface area contributed by atoms with Crippen molar-refractivity contribution in [3.63, 3.8) is 0 Å². The minimum Gasteiger partial charge on any atom is -0.481 e. The van der Waals surface area contributed by atoms with Crippen LogP contribution in [0.25, 0.3) is 0 Å². The maximum Gasteiger partial charge on any atom is 0.330 e. The van der Waals surface area contributed by atoms with Gasteiger partial charge in [-0.05, 0) is 55.2 Å². The molecule has 5 nitrogen and oxygen atoms in total. The van der Waals surface area contributed by atoms with Crippen molar-refractivity contribution in [3.05, 3.63) is 29.3 Å². The molecule has 0 radical (unpaired) electrons. The van der Waals surface area contributed by atoms with Crippen molar-refractivity contribution < 1.29 is 19.4 Å². The largest absolute Gasteiger partial charge is 0.481 e. The van der Waals surface area contributed by atoms with Gasteiger partial charge in [0.25, 0.3) is 5.91 Å². The Hall–Kier alpha value is -1.69. The molecule has 1 amide bonds. The van der Waals surface area contributed by atoms with Crippen LogP contribution in [-0.4, -0.2) is 40.1 Å². The average molecular weight is 351 g/mol. The molecule has 1 aromatic carbocycles. The Morgan fingerprint density at radius 1 is 1.33 bits per heavy atom. The third kappa shape index (κ3) is 4.04. The number of amides is 1. The summed E-state index contributed by atoms with van der Waals surface area (Å²) < 4.78 is 5.71. The van der Waals surface area contributed by atoms with Gasteiger partial charge < -0.3 is 15.2 Å². The van der Waals surface area contributed by atoms with E-state index >= 15 is 0 Å². The minimum atomic E-state index is -1.17. The molecule has 1 aromatic rings. The van der Waals surface area contributed by atoms with Crippen LogP contribution < -0.4 is 10.1 Å². The number of aryl methyl sites for hydroxylation is 1. The summed E-state index contributed by atoms with van der Waals surface area (Å²) in [6.07, 6.45) is -0.315. The molecule has 1 saturated heterocycles. The fraction of sp³-hybridized carbons (Fsp3) is 0.556. The van der Waals surface area contributed by atoms with Crippen LogP contribution in [-0.2, 0) is 9.59 Å². The summed E-state index contributed by atoms with van der Waals surface area (Å²) in [5.74, 6) is 0.788. The van der Waals surface area contributed by atoms with Crippen molar-refractivity contribution in [2.45, 2.75) is 51.7 Å². The monoisotopic (exact) mass is 351 g/mol. The molecule has 6 heteroatoms. The average Bonchev–Trinajstić information content (AvgIpc) is 2.96. The maximum absolute atomic E-state index is 12.4. The van der Waals surface area contributed by atoms with Crippen LogP contribution >= 0.6 is 11.8 Å². The molecule has 2 unspecified atom stereocenters. The molecule has 0 aromatic heterocycles. The van der Waals surface area contributed by atoms with Crippen molar-refractivity contribution in [3.8, 4) is 5.75 Å². The number of thioether (sulfide) groups is 1. The normalized spacial score (nSPS) is 21.5. The topological polar surface area (TPSA) is 75.6 Å². The van der Waals surface area contributed by atoms with E-state index in [2.05, 4.69) is 19.2 Å². The highest BCUT2D eigenvalue weighted by Crippen LogP contribution is 2.29. The maximum atomic E-state index is 12.4. The van der Waals surface area contributed by atoms with Crippen molar-refractivity contribution in [1.29, 1.82) is 0 Å². The molecule has 1 aliphatic heterocycles. The van der Waals surface area contributed by atoms with Gasteiger partial charge in [0, 0.05) is 5.75 Å². The van der Waals surface area contributed by atoms with Crippen LogP contribution in [0.5, 0.6) is 5.75 Å². The van der Waals surface area contributed by atoms with E-state index in [1.807, 2.05) is 25.1 Å². The number of rotatable bonds is 6. The lowest BCUT2D eigenvalue weighted by atomic mass is 9.98. The Bertz CT molecular complexity index is 623. The Kier molecular flexibility index (Phi) is 5.80. The summed E-state index contributed by atoms with van der Waals surface area (Å²) in [4.78, 5) is 23.9. The van der Waals surface area contributed by atoms with Gasteiger partial charge in [0.05, 0.1) is 0 Å². The third-order valence-corrected chi connectivity index (χ3v) is 5.53. The zero-order chi connectivity index (χ0) is 17.9. The second-order valence-corrected chi connectivity index (χ2v) is 7.72. The highest BCUT2D eigenvalue weighted by atomic mass is 32.2. The number of nitrogens with one attached hydrogen (secondary N) is 1. The quantitative estimate of drug-likeness (QED) is 0.824. The van der Waals surface area contributed by atoms with Crippen molar-refractivity contribution in [2.24, 2.45) is 0 Å². The lowest BCUT2D eigenvalue weighted by Gasteiger charge is -2.26. The molecular weight excluding hydrogens is 326 g/mol. The summed E-state index contributed by atoms with van der Waals surface area (Å²) in [6, 6.07) is 5.77. The van der Waals surface area contributed by atoms with Crippen LogP contribution in [0.4, 0.5) is 0 Å². The fourth-order valence-electron chi connectivity index (χ4n) is 2.85. The summed E-state index contributed by atoms with van der Waals surface area (Å²) in [5, 5.41) is 12.1. The molecule has 24 heavy (non-hydrogen) atoms. The number of carboxylic acid groups (broad SMARTS) is 1. The SMILES string of the molecule is Cc1cc(OC(C)C(=O)NC2(C(=O)O)CCSC2)ccc1C(C)C. The van der Waals surface area contributed by atoms with Gasteiger partial charge in [-0.25, -0.2) is 4.79 Å². The summed E-state index contributed by atoms with van der Waals surface area (Å²) in [7, 11) is 0. The van der Waals surface area contributed by atoms with Crippen molar-refractivity contribution in [2.75, 3.05) is 11.5 Å². The number of hydrogen-bond donors (Lipinski definition) is 2. The Balaban J connectivity index is 2.04. The standard InChI is InChI=1S/C18H25NO4S/c1-11(2)15-6-5-14(9-12(15)3)23-13(4)16(20)19-18(17(21)22)7-8-24-10-18/h5-6,9,11,13H,7-8,10H2,1-4H3,(H,19,20)(H,21,22). The Labute approximate surface area is 147 Å². The van der Waals surface area contributed by atoms with E-state index in [0.717, 1.165) is 11.3 Å². The molecule has 0 saturated carbocycles. The molecule has 1 aliphatic rings. The molecule has 0 spiro atoms. The minimum absolute atomic E-state index is 0.392. The molecule has 0 aliphatic carbocycles. The number of carboxylic acids is 1. The smallest absolute Gasteiger partial charge is 0.330 e. The molecule has 1 heterocycles. The molecule has 2 rings (SSSR count). The van der Waals surface area contributed by atoms with E-state index in [-0.39, 0.29) is 0 Å². The first-order valence-corrected chi connectivity index (χ1v) is 9.31. The molecule has 1 fully saturated rings. The van der Waals surface area contributed by atoms with Gasteiger partial charge in [0.1, 0.15) is 11.3 Å². The molecule has 0 bridgehead atoms. The lowest BCUT2D eigenvalue weighted by Crippen LogP contribution is -2.57. The first-order chi connectivity index (χ1) is 11.2. The summed E-state index contributed by atoms with van der Waals surface area (Å²) >= 11 is 1.54. The van der Waals surface area contributed by atoms with E-state index in [9.17, 15) is 14.7 Å². The number of hydrogen-bond acceptors (Lipinski definition) is 4. The van der Waals surface area contributed by atoms with Gasteiger partial charge in [0.15, 0.2) is 6.10 Å². The highest BCUT2D eigenvalue weighted by molar-refractivity contribution is 7.99. The van der Waals surface area contributed by atoms with Gasteiger partial charge in [-0.2, -0.15) is 11.8 Å². The number of carbonyl (C=O) groups is 2. The van der Waals surface area contributed by atoms with Crippen LogP contribution in [0, 0.1) is 6.92 Å². The predicted octanol–water partition coefficient (Wildman–Crippen LogP) is 2.96. The molecule has 2 N–H and O–H groups in total. The zero-order valence-electron chi connectivity index (χ0n) is 14.6. The van der Waals surface area contributed by atoms with Crippen molar-refractivity contribution in [1.82, 2.24) is 5.32 Å². The third-order valence-electron chi connectivity index (χ3n) is 4.34. The number of ether oxygens (including phenoxy) is 1. The van der Waals surface area contributed by atoms with E-state index < -0.39 is 23.5 Å². The van der Waals surface area contributed by atoms with Crippen LogP contribution in [0.1, 0.15) is 44.2 Å². The van der Waals surface area contributed by atoms with Crippen molar-refractivity contribution >= 4 is 23.6 Å². The number of benzene rings is 1. The van der Waals surface area contributed by atoms with E-state index in [0.29, 0.717) is 23.8 Å². The zero-order valence-corrected chi connectivity index (χ0v) is 15.4. The second kappa shape index (κ2) is 7.47.